The monoisotopic (exact) mass is 267 g/mol. The Kier molecular flexibility index (Phi) is 4.07. The van der Waals surface area contributed by atoms with Crippen molar-refractivity contribution in [2.75, 3.05) is 11.5 Å². The van der Waals surface area contributed by atoms with Gasteiger partial charge in [0.15, 0.2) is 9.84 Å². The van der Waals surface area contributed by atoms with Crippen LogP contribution >= 0.6 is 0 Å². The Morgan fingerprint density at radius 3 is 2.89 bits per heavy atom. The van der Waals surface area contributed by atoms with Crippen molar-refractivity contribution < 1.29 is 8.42 Å². The molecule has 18 heavy (non-hydrogen) atoms. The summed E-state index contributed by atoms with van der Waals surface area (Å²) in [7, 11) is -2.83. The van der Waals surface area contributed by atoms with Crippen molar-refractivity contribution in [2.24, 2.45) is 11.7 Å². The zero-order chi connectivity index (χ0) is 13.2. The molecule has 3 nitrogen and oxygen atoms in total. The maximum Gasteiger partial charge on any atom is 0.150 e. The summed E-state index contributed by atoms with van der Waals surface area (Å²) in [5.41, 5.74) is 7.96. The lowest BCUT2D eigenvalue weighted by Gasteiger charge is -2.28. The minimum absolute atomic E-state index is 0.247. The third kappa shape index (κ3) is 3.12. The zero-order valence-corrected chi connectivity index (χ0v) is 11.6. The van der Waals surface area contributed by atoms with Crippen LogP contribution in [-0.2, 0) is 16.4 Å². The second-order valence-electron chi connectivity index (χ2n) is 5.25. The lowest BCUT2D eigenvalue weighted by Crippen LogP contribution is -2.28. The molecule has 1 aliphatic heterocycles. The Balaban J connectivity index is 2.17. The molecule has 1 heterocycles. The van der Waals surface area contributed by atoms with Crippen molar-refractivity contribution in [3.8, 4) is 0 Å². The van der Waals surface area contributed by atoms with Crippen LogP contribution in [0.1, 0.15) is 36.8 Å². The van der Waals surface area contributed by atoms with Crippen LogP contribution in [-0.4, -0.2) is 19.9 Å². The molecule has 0 amide bonds. The van der Waals surface area contributed by atoms with Gasteiger partial charge < -0.3 is 5.73 Å². The van der Waals surface area contributed by atoms with Crippen LogP contribution in [0.2, 0.25) is 0 Å². The SMILES string of the molecule is CC(c1cccc(CN)c1)C1CCCS(=O)(=O)C1. The number of hydrogen-bond donors (Lipinski definition) is 1. The Bertz CT molecular complexity index is 510. The van der Waals surface area contributed by atoms with E-state index in [0.29, 0.717) is 18.1 Å². The standard InChI is InChI=1S/C14H21NO2S/c1-11(13-5-2-4-12(8-13)9-15)14-6-3-7-18(16,17)10-14/h2,4-5,8,11,14H,3,6-7,9-10,15H2,1H3. The quantitative estimate of drug-likeness (QED) is 0.912. The fourth-order valence-electron chi connectivity index (χ4n) is 2.73. The molecule has 4 heteroatoms. The lowest BCUT2D eigenvalue weighted by atomic mass is 9.85. The normalized spacial score (nSPS) is 24.7. The van der Waals surface area contributed by atoms with Crippen LogP contribution in [0.25, 0.3) is 0 Å². The summed E-state index contributed by atoms with van der Waals surface area (Å²) in [6, 6.07) is 8.19. The first-order valence-electron chi connectivity index (χ1n) is 6.51. The van der Waals surface area contributed by atoms with Gasteiger partial charge in [0.1, 0.15) is 0 Å². The van der Waals surface area contributed by atoms with Crippen LogP contribution < -0.4 is 5.73 Å². The third-order valence-electron chi connectivity index (χ3n) is 3.92. The second-order valence-corrected chi connectivity index (χ2v) is 7.48. The third-order valence-corrected chi connectivity index (χ3v) is 5.76. The van der Waals surface area contributed by atoms with Crippen molar-refractivity contribution in [1.82, 2.24) is 0 Å². The van der Waals surface area contributed by atoms with E-state index in [0.717, 1.165) is 18.4 Å². The summed E-state index contributed by atoms with van der Waals surface area (Å²) < 4.78 is 23.4. The van der Waals surface area contributed by atoms with E-state index < -0.39 is 9.84 Å². The summed E-state index contributed by atoms with van der Waals surface area (Å²) >= 11 is 0. The molecule has 1 saturated heterocycles. The molecule has 0 saturated carbocycles. The van der Waals surface area contributed by atoms with Crippen molar-refractivity contribution in [1.29, 1.82) is 0 Å². The van der Waals surface area contributed by atoms with Gasteiger partial charge in [0.2, 0.25) is 0 Å². The highest BCUT2D eigenvalue weighted by molar-refractivity contribution is 7.91. The van der Waals surface area contributed by atoms with Crippen LogP contribution in [0, 0.1) is 5.92 Å². The fraction of sp³-hybridized carbons (Fsp3) is 0.571. The van der Waals surface area contributed by atoms with Gasteiger partial charge in [-0.25, -0.2) is 8.42 Å². The van der Waals surface area contributed by atoms with Gasteiger partial charge in [-0.3, -0.25) is 0 Å². The smallest absolute Gasteiger partial charge is 0.150 e. The summed E-state index contributed by atoms with van der Waals surface area (Å²) in [4.78, 5) is 0. The Labute approximate surface area is 109 Å². The summed E-state index contributed by atoms with van der Waals surface area (Å²) in [6.07, 6.45) is 1.81. The molecule has 1 aromatic carbocycles. The highest BCUT2D eigenvalue weighted by Gasteiger charge is 2.29. The minimum Gasteiger partial charge on any atom is -0.326 e. The fourth-order valence-corrected chi connectivity index (χ4v) is 4.61. The average Bonchev–Trinajstić information content (AvgIpc) is 2.37. The highest BCUT2D eigenvalue weighted by Crippen LogP contribution is 2.32. The van der Waals surface area contributed by atoms with Crippen molar-refractivity contribution in [3.05, 3.63) is 35.4 Å². The van der Waals surface area contributed by atoms with E-state index in [2.05, 4.69) is 19.1 Å². The van der Waals surface area contributed by atoms with Gasteiger partial charge in [-0.05, 0) is 35.8 Å². The maximum atomic E-state index is 11.7. The molecular formula is C14H21NO2S. The number of hydrogen-bond acceptors (Lipinski definition) is 3. The summed E-state index contributed by atoms with van der Waals surface area (Å²) in [5, 5.41) is 0. The molecule has 0 aromatic heterocycles. The Morgan fingerprint density at radius 1 is 1.44 bits per heavy atom. The first-order valence-corrected chi connectivity index (χ1v) is 8.33. The van der Waals surface area contributed by atoms with E-state index >= 15 is 0 Å². The topological polar surface area (TPSA) is 60.2 Å². The number of sulfone groups is 1. The lowest BCUT2D eigenvalue weighted by molar-refractivity contribution is 0.427. The zero-order valence-electron chi connectivity index (χ0n) is 10.8. The van der Waals surface area contributed by atoms with Gasteiger partial charge in [0.25, 0.3) is 0 Å². The van der Waals surface area contributed by atoms with E-state index in [-0.39, 0.29) is 11.8 Å². The molecule has 0 spiro atoms. The van der Waals surface area contributed by atoms with E-state index in [1.165, 1.54) is 5.56 Å². The van der Waals surface area contributed by atoms with Gasteiger partial charge in [0.05, 0.1) is 11.5 Å². The van der Waals surface area contributed by atoms with E-state index in [4.69, 9.17) is 5.73 Å². The van der Waals surface area contributed by atoms with E-state index in [9.17, 15) is 8.42 Å². The molecule has 0 radical (unpaired) electrons. The van der Waals surface area contributed by atoms with Gasteiger partial charge >= 0.3 is 0 Å². The summed E-state index contributed by atoms with van der Waals surface area (Å²) in [5.74, 6) is 1.23. The molecule has 0 aliphatic carbocycles. The van der Waals surface area contributed by atoms with Crippen LogP contribution in [0.5, 0.6) is 0 Å². The second kappa shape index (κ2) is 5.41. The van der Waals surface area contributed by atoms with Gasteiger partial charge in [-0.2, -0.15) is 0 Å². The number of nitrogens with two attached hydrogens (primary N) is 1. The molecule has 0 bridgehead atoms. The molecule has 2 unspecified atom stereocenters. The molecule has 1 aliphatic rings. The molecule has 1 fully saturated rings. The molecular weight excluding hydrogens is 246 g/mol. The molecule has 2 rings (SSSR count). The van der Waals surface area contributed by atoms with Crippen molar-refractivity contribution >= 4 is 9.84 Å². The van der Waals surface area contributed by atoms with E-state index in [1.54, 1.807) is 0 Å². The van der Waals surface area contributed by atoms with Crippen LogP contribution in [0.3, 0.4) is 0 Å². The minimum atomic E-state index is -2.83. The Morgan fingerprint density at radius 2 is 2.22 bits per heavy atom. The molecule has 2 atom stereocenters. The first-order chi connectivity index (χ1) is 8.52. The molecule has 1 aromatic rings. The van der Waals surface area contributed by atoms with Crippen LogP contribution in [0.4, 0.5) is 0 Å². The largest absolute Gasteiger partial charge is 0.326 e. The van der Waals surface area contributed by atoms with Gasteiger partial charge in [-0.1, -0.05) is 31.2 Å². The van der Waals surface area contributed by atoms with Gasteiger partial charge in [-0.15, -0.1) is 0 Å². The van der Waals surface area contributed by atoms with Crippen LogP contribution in [0.15, 0.2) is 24.3 Å². The van der Waals surface area contributed by atoms with E-state index in [1.807, 2.05) is 12.1 Å². The highest BCUT2D eigenvalue weighted by atomic mass is 32.2. The van der Waals surface area contributed by atoms with Crippen molar-refractivity contribution in [3.63, 3.8) is 0 Å². The number of rotatable bonds is 3. The Hall–Kier alpha value is -0.870. The molecule has 2 N–H and O–H groups in total. The predicted octanol–water partition coefficient (Wildman–Crippen LogP) is 2.07. The van der Waals surface area contributed by atoms with Crippen molar-refractivity contribution in [2.45, 2.75) is 32.2 Å². The summed E-state index contributed by atoms with van der Waals surface area (Å²) in [6.45, 7) is 2.66. The predicted molar refractivity (Wildman–Crippen MR) is 74.1 cm³/mol. The molecule has 100 valence electrons. The van der Waals surface area contributed by atoms with Gasteiger partial charge in [0, 0.05) is 6.54 Å². The first kappa shape index (κ1) is 13.6. The average molecular weight is 267 g/mol. The maximum absolute atomic E-state index is 11.7. The number of benzene rings is 1.